The van der Waals surface area contributed by atoms with Crippen LogP contribution in [-0.2, 0) is 71.1 Å². The minimum Gasteiger partial charge on any atom is -0.432 e. The summed E-state index contributed by atoms with van der Waals surface area (Å²) >= 11 is 0. The summed E-state index contributed by atoms with van der Waals surface area (Å²) < 4.78 is 83.7. The Bertz CT molecular complexity index is 2960. The first kappa shape index (κ1) is 80.4. The van der Waals surface area contributed by atoms with E-state index in [9.17, 15) is 102 Å². The summed E-state index contributed by atoms with van der Waals surface area (Å²) in [6.45, 7) is 7.80. The normalized spacial score (nSPS) is 55.0. The molecule has 0 radical (unpaired) electrons. The van der Waals surface area contributed by atoms with Crippen LogP contribution in [0.1, 0.15) is 106 Å². The Morgan fingerprint density at radius 2 is 1.02 bits per heavy atom. The molecular formula is C68H110O35. The minimum atomic E-state index is -2.24. The maximum atomic E-state index is 15.7. The molecule has 35 nitrogen and oxygen atoms in total. The molecule has 11 fully saturated rings. The molecular weight excluding hydrogens is 1380 g/mol. The maximum absolute atomic E-state index is 15.7. The fraction of sp³-hybridized carbons (Fsp3) is 0.956. The molecule has 20 N–H and O–H groups in total. The van der Waals surface area contributed by atoms with Gasteiger partial charge in [0.05, 0.1) is 83.2 Å². The molecule has 7 aliphatic heterocycles. The van der Waals surface area contributed by atoms with Crippen molar-refractivity contribution in [1.82, 2.24) is 0 Å². The monoisotopic (exact) mass is 1490 g/mol. The fourth-order valence-corrected chi connectivity index (χ4v) is 20.0. The zero-order chi connectivity index (χ0) is 75.0. The molecule has 0 aromatic carbocycles. The van der Waals surface area contributed by atoms with Gasteiger partial charge in [-0.25, -0.2) is 0 Å². The predicted octanol–water partition coefficient (Wildman–Crippen LogP) is -7.03. The lowest BCUT2D eigenvalue weighted by Crippen LogP contribution is -2.70. The van der Waals surface area contributed by atoms with Gasteiger partial charge in [0.25, 0.3) is 0 Å². The SMILES string of the molecule is C[C@@H]1O[C@@H](O[C@@H]2[C@@H](OC(=O)[C@]34CCC(C)(C)C[C@H]3C3=CC[C@@H]5[C@@]6(C)C[C@H](O)[C@H](O[C@@H]7O[C@H](CO)[C@@H](O)[C@H](O[C@@H]8O[C@H](CO)[C@@H](O)[C@H](O)[C@H]8O)[C@H]7O)[C@@](C)(CO)[C@@H]6CC[C@@]5(C)[C@]3(C)CC4)OC[C@@H](O)[C@H]2O)[C@H](O)[C@@H](O[C@@H]2OC[C@](O)(CO)[C@H]2O)[C@H]1O[C@@H]1OC[C@@H](O)[C@H](O[C@@H]2OC[C@](O)(CO)[C@H]2O)[C@H]1O. The number of aliphatic hydroxyl groups is 20. The number of ether oxygens (including phenoxy) is 14. The van der Waals surface area contributed by atoms with Crippen molar-refractivity contribution in [2.45, 2.75) is 296 Å². The van der Waals surface area contributed by atoms with Crippen molar-refractivity contribution in [3.63, 3.8) is 0 Å². The van der Waals surface area contributed by atoms with E-state index in [2.05, 4.69) is 40.7 Å². The molecule has 0 aromatic rings. The van der Waals surface area contributed by atoms with Gasteiger partial charge in [0.1, 0.15) is 121 Å². The zero-order valence-corrected chi connectivity index (χ0v) is 58.8. The van der Waals surface area contributed by atoms with Gasteiger partial charge in [-0.15, -0.1) is 0 Å². The van der Waals surface area contributed by atoms with E-state index < -0.39 is 288 Å². The molecule has 35 heteroatoms. The van der Waals surface area contributed by atoms with Crippen LogP contribution in [0.4, 0.5) is 0 Å². The number of carbonyl (C=O) groups excluding carboxylic acids is 1. The first-order valence-corrected chi connectivity index (χ1v) is 36.0. The van der Waals surface area contributed by atoms with Crippen molar-refractivity contribution in [1.29, 1.82) is 0 Å². The average Bonchev–Trinajstić information content (AvgIpc) is 1.14. The van der Waals surface area contributed by atoms with Crippen LogP contribution in [0.3, 0.4) is 0 Å². The fourth-order valence-electron chi connectivity index (χ4n) is 20.0. The van der Waals surface area contributed by atoms with Gasteiger partial charge in [0.15, 0.2) is 43.8 Å². The second kappa shape index (κ2) is 29.9. The van der Waals surface area contributed by atoms with Gasteiger partial charge in [-0.1, -0.05) is 53.2 Å². The number of esters is 1. The molecule has 0 spiro atoms. The molecule has 5 aliphatic carbocycles. The Morgan fingerprint density at radius 3 is 1.63 bits per heavy atom. The molecule has 0 aromatic heterocycles. The molecule has 7 heterocycles. The van der Waals surface area contributed by atoms with E-state index >= 15 is 4.79 Å². The van der Waals surface area contributed by atoms with Crippen molar-refractivity contribution in [3.8, 4) is 0 Å². The topological polar surface area (TPSA) is 551 Å². The lowest BCUT2D eigenvalue weighted by Gasteiger charge is -2.72. The first-order valence-electron chi connectivity index (χ1n) is 36.0. The van der Waals surface area contributed by atoms with Gasteiger partial charge in [-0.2, -0.15) is 0 Å². The van der Waals surface area contributed by atoms with E-state index in [4.69, 9.17) is 66.3 Å². The van der Waals surface area contributed by atoms with Gasteiger partial charge in [0.2, 0.25) is 6.29 Å². The van der Waals surface area contributed by atoms with Gasteiger partial charge in [-0.05, 0) is 104 Å². The van der Waals surface area contributed by atoms with Gasteiger partial charge in [-0.3, -0.25) is 4.79 Å². The molecule has 103 heavy (non-hydrogen) atoms. The third-order valence-corrected chi connectivity index (χ3v) is 26.5. The average molecular weight is 1490 g/mol. The lowest BCUT2D eigenvalue weighted by atomic mass is 9.33. The lowest BCUT2D eigenvalue weighted by molar-refractivity contribution is -0.383. The van der Waals surface area contributed by atoms with Crippen LogP contribution < -0.4 is 0 Å². The number of fused-ring (bicyclic) bond motifs is 7. The third-order valence-electron chi connectivity index (χ3n) is 26.5. The minimum absolute atomic E-state index is 0.140. The van der Waals surface area contributed by atoms with Gasteiger partial charge < -0.3 is 168 Å². The molecule has 4 saturated carbocycles. The molecule has 592 valence electrons. The van der Waals surface area contributed by atoms with Crippen LogP contribution in [0, 0.1) is 50.2 Å². The van der Waals surface area contributed by atoms with E-state index in [1.165, 1.54) is 6.92 Å². The van der Waals surface area contributed by atoms with E-state index in [0.717, 1.165) is 5.57 Å². The molecule has 0 unspecified atom stereocenters. The number of aliphatic hydroxyl groups excluding tert-OH is 18. The second-order valence-electron chi connectivity index (χ2n) is 33.2. The van der Waals surface area contributed by atoms with E-state index in [-0.39, 0.29) is 23.7 Å². The summed E-state index contributed by atoms with van der Waals surface area (Å²) in [4.78, 5) is 15.7. The van der Waals surface area contributed by atoms with E-state index in [0.29, 0.717) is 51.4 Å². The van der Waals surface area contributed by atoms with Gasteiger partial charge in [0, 0.05) is 5.41 Å². The molecule has 12 aliphatic rings. The summed E-state index contributed by atoms with van der Waals surface area (Å²) in [5.74, 6) is -1.57. The summed E-state index contributed by atoms with van der Waals surface area (Å²) in [7, 11) is 0. The Kier molecular flexibility index (Phi) is 23.3. The number of hydrogen-bond donors (Lipinski definition) is 20. The van der Waals surface area contributed by atoms with Crippen molar-refractivity contribution >= 4 is 5.97 Å². The highest BCUT2D eigenvalue weighted by Crippen LogP contribution is 2.76. The van der Waals surface area contributed by atoms with Crippen molar-refractivity contribution in [2.75, 3.05) is 59.5 Å². The third kappa shape index (κ3) is 13.6. The second-order valence-corrected chi connectivity index (χ2v) is 33.2. The van der Waals surface area contributed by atoms with Crippen LogP contribution in [-0.4, -0.2) is 357 Å². The van der Waals surface area contributed by atoms with Crippen molar-refractivity contribution in [3.05, 3.63) is 11.6 Å². The van der Waals surface area contributed by atoms with Crippen molar-refractivity contribution in [2.24, 2.45) is 50.2 Å². The highest BCUT2D eigenvalue weighted by molar-refractivity contribution is 5.79. The zero-order valence-electron chi connectivity index (χ0n) is 58.8. The quantitative estimate of drug-likeness (QED) is 0.0325. The Labute approximate surface area is 594 Å². The van der Waals surface area contributed by atoms with Crippen LogP contribution >= 0.6 is 0 Å². The number of hydrogen-bond acceptors (Lipinski definition) is 35. The van der Waals surface area contributed by atoms with E-state index in [1.807, 2.05) is 0 Å². The predicted molar refractivity (Wildman–Crippen MR) is 338 cm³/mol. The van der Waals surface area contributed by atoms with Crippen LogP contribution in [0.25, 0.3) is 0 Å². The number of carbonyl (C=O) groups is 1. The maximum Gasteiger partial charge on any atom is 0.315 e. The number of allylic oxidation sites excluding steroid dienone is 2. The summed E-state index contributed by atoms with van der Waals surface area (Å²) in [6, 6.07) is 0. The first-order chi connectivity index (χ1) is 48.4. The van der Waals surface area contributed by atoms with Gasteiger partial charge >= 0.3 is 5.97 Å². The standard InChI is InChI=1S/C68H110O35/c1-27-45(97-53-42(82)46(32(76)21-90-53)98-58-50(85)67(88,23-72)25-92-58)48(100-59-51(86)68(89,24-73)26-93-59)44(84)55(94-27)101-49-37(77)31(75)20-91-57(49)103-60(87)66-14-12-61(2,3)16-29(66)28-8-9-36-62(4)17-30(74)52(63(5,22-71)35(62)10-11-65(36,7)64(28,6)13-15-66)102-56-43(83)47(39(79)34(19-70)96-56)99-54-41(81)40(80)38(78)33(18-69)95-54/h8,27,29-59,69-86,88-89H,9-26H2,1-7H3/t27-,29-,30-,31+,32+,33+,34+,35+,36+,37+,38+,39+,40-,41+,42+,43+,44+,45-,46-,47-,48+,49-,50-,51-,52-,53-,54-,55-,56-,57+,58-,59-,62-,63-,64+,65+,66-,67+,68+/m0/s1. The van der Waals surface area contributed by atoms with E-state index in [1.54, 1.807) is 6.92 Å². The summed E-state index contributed by atoms with van der Waals surface area (Å²) in [5, 5.41) is 221. The Hall–Kier alpha value is -2.11. The van der Waals surface area contributed by atoms with Crippen LogP contribution in [0.2, 0.25) is 0 Å². The Balaban J connectivity index is 0.770. The molecule has 7 saturated heterocycles. The molecule has 0 bridgehead atoms. The summed E-state index contributed by atoms with van der Waals surface area (Å²) in [5.41, 5.74) is -7.80. The highest BCUT2D eigenvalue weighted by Gasteiger charge is 2.72. The van der Waals surface area contributed by atoms with Crippen LogP contribution in [0.5, 0.6) is 0 Å². The highest BCUT2D eigenvalue weighted by atomic mass is 16.8. The van der Waals surface area contributed by atoms with Crippen molar-refractivity contribution < 1.29 is 173 Å². The Morgan fingerprint density at radius 1 is 0.485 bits per heavy atom. The summed E-state index contributed by atoms with van der Waals surface area (Å²) in [6.07, 6.45) is -43.4. The smallest absolute Gasteiger partial charge is 0.315 e. The number of rotatable bonds is 19. The molecule has 0 amide bonds. The largest absolute Gasteiger partial charge is 0.432 e. The molecule has 39 atom stereocenters. The molecule has 12 rings (SSSR count). The van der Waals surface area contributed by atoms with Crippen LogP contribution in [0.15, 0.2) is 11.6 Å².